The van der Waals surface area contributed by atoms with E-state index >= 15 is 0 Å². The van der Waals surface area contributed by atoms with E-state index < -0.39 is 5.41 Å². The maximum atomic E-state index is 13.9. The molecule has 0 aliphatic heterocycles. The van der Waals surface area contributed by atoms with Crippen LogP contribution in [-0.4, -0.2) is 17.4 Å². The molecule has 2 aromatic carbocycles. The van der Waals surface area contributed by atoms with Crippen molar-refractivity contribution in [2.24, 2.45) is 5.92 Å². The van der Waals surface area contributed by atoms with E-state index in [1.54, 1.807) is 18.3 Å². The van der Waals surface area contributed by atoms with Gasteiger partial charge < -0.3 is 5.32 Å². The van der Waals surface area contributed by atoms with Crippen molar-refractivity contribution in [3.63, 3.8) is 0 Å². The molecule has 1 fully saturated rings. The number of carbonyl (C=O) groups is 1. The largest absolute Gasteiger partial charge is 0.356 e. The van der Waals surface area contributed by atoms with Crippen LogP contribution >= 0.6 is 0 Å². The van der Waals surface area contributed by atoms with Crippen LogP contribution in [0.1, 0.15) is 42.4 Å². The van der Waals surface area contributed by atoms with Gasteiger partial charge in [0.25, 0.3) is 0 Å². The van der Waals surface area contributed by atoms with Gasteiger partial charge >= 0.3 is 0 Å². The quantitative estimate of drug-likeness (QED) is 0.484. The van der Waals surface area contributed by atoms with E-state index in [1.807, 2.05) is 24.4 Å². The fraction of sp³-hybridized carbons (Fsp3) is 0.308. The first-order valence-corrected chi connectivity index (χ1v) is 10.8. The molecular formula is C26H26F2N2O. The number of pyridine rings is 1. The highest BCUT2D eigenvalue weighted by Gasteiger charge is 2.56. The predicted octanol–water partition coefficient (Wildman–Crippen LogP) is 5.20. The summed E-state index contributed by atoms with van der Waals surface area (Å²) in [6.45, 7) is 0.624. The molecule has 0 spiro atoms. The van der Waals surface area contributed by atoms with E-state index in [4.69, 9.17) is 0 Å². The van der Waals surface area contributed by atoms with Crippen LogP contribution in [0.3, 0.4) is 0 Å². The van der Waals surface area contributed by atoms with Crippen molar-refractivity contribution in [1.82, 2.24) is 10.3 Å². The second-order valence-electron chi connectivity index (χ2n) is 8.27. The number of unbranched alkanes of at least 4 members (excludes halogenated alkanes) is 1. The maximum absolute atomic E-state index is 13.9. The lowest BCUT2D eigenvalue weighted by Gasteiger charge is -2.19. The monoisotopic (exact) mass is 420 g/mol. The lowest BCUT2D eigenvalue weighted by atomic mass is 9.85. The molecule has 1 N–H and O–H groups in total. The van der Waals surface area contributed by atoms with Gasteiger partial charge in [0.1, 0.15) is 11.6 Å². The highest BCUT2D eigenvalue weighted by Crippen LogP contribution is 2.60. The van der Waals surface area contributed by atoms with Crippen LogP contribution in [0.4, 0.5) is 8.78 Å². The second-order valence-corrected chi connectivity index (χ2v) is 8.27. The molecule has 1 amide bonds. The molecule has 3 nitrogen and oxygen atoms in total. The number of hydrogen-bond acceptors (Lipinski definition) is 2. The molecule has 31 heavy (non-hydrogen) atoms. The highest BCUT2D eigenvalue weighted by molar-refractivity contribution is 5.77. The second kappa shape index (κ2) is 9.38. The number of aryl methyl sites for hydroxylation is 1. The van der Waals surface area contributed by atoms with Crippen LogP contribution in [0.5, 0.6) is 0 Å². The van der Waals surface area contributed by atoms with Crippen molar-refractivity contribution in [3.8, 4) is 0 Å². The Hall–Kier alpha value is -3.08. The number of aromatic nitrogens is 1. The van der Waals surface area contributed by atoms with Crippen molar-refractivity contribution < 1.29 is 13.6 Å². The minimum absolute atomic E-state index is 0.0129. The third kappa shape index (κ3) is 4.98. The third-order valence-corrected chi connectivity index (χ3v) is 6.15. The zero-order valence-corrected chi connectivity index (χ0v) is 17.4. The van der Waals surface area contributed by atoms with Crippen LogP contribution in [0.15, 0.2) is 73.1 Å². The number of halogens is 2. The molecule has 1 aliphatic rings. The minimum Gasteiger partial charge on any atom is -0.356 e. The summed E-state index contributed by atoms with van der Waals surface area (Å²) in [4.78, 5) is 16.7. The number of rotatable bonds is 9. The number of carbonyl (C=O) groups excluding carboxylic acids is 1. The Morgan fingerprint density at radius 2 is 1.71 bits per heavy atom. The van der Waals surface area contributed by atoms with Gasteiger partial charge in [-0.25, -0.2) is 8.78 Å². The van der Waals surface area contributed by atoms with Crippen LogP contribution in [-0.2, 0) is 16.6 Å². The summed E-state index contributed by atoms with van der Waals surface area (Å²) in [5, 5.41) is 3.00. The SMILES string of the molecule is O=C(C[C@@H]1CC1(c1cccc(F)c1)c1cccc(F)c1)NCCCCc1cccnc1. The molecule has 5 heteroatoms. The highest BCUT2D eigenvalue weighted by atomic mass is 19.1. The van der Waals surface area contributed by atoms with Gasteiger partial charge in [0, 0.05) is 30.8 Å². The molecule has 1 atom stereocenters. The van der Waals surface area contributed by atoms with Gasteiger partial charge in [-0.1, -0.05) is 30.3 Å². The molecule has 0 radical (unpaired) electrons. The van der Waals surface area contributed by atoms with Gasteiger partial charge in [-0.15, -0.1) is 0 Å². The number of benzene rings is 2. The molecule has 3 aromatic rings. The topological polar surface area (TPSA) is 42.0 Å². The van der Waals surface area contributed by atoms with Crippen LogP contribution in [0.25, 0.3) is 0 Å². The molecule has 0 bridgehead atoms. The van der Waals surface area contributed by atoms with Gasteiger partial charge in [0.2, 0.25) is 5.91 Å². The summed E-state index contributed by atoms with van der Waals surface area (Å²) < 4.78 is 27.8. The Morgan fingerprint density at radius 3 is 2.32 bits per heavy atom. The summed E-state index contributed by atoms with van der Waals surface area (Å²) in [5.41, 5.74) is 2.28. The molecule has 1 aromatic heterocycles. The fourth-order valence-corrected chi connectivity index (χ4v) is 4.51. The molecule has 1 heterocycles. The van der Waals surface area contributed by atoms with Crippen molar-refractivity contribution in [2.45, 2.75) is 37.5 Å². The number of nitrogens with one attached hydrogen (secondary N) is 1. The van der Waals surface area contributed by atoms with E-state index in [2.05, 4.69) is 16.4 Å². The van der Waals surface area contributed by atoms with Crippen LogP contribution in [0.2, 0.25) is 0 Å². The third-order valence-electron chi connectivity index (χ3n) is 6.15. The zero-order valence-electron chi connectivity index (χ0n) is 17.4. The first-order chi connectivity index (χ1) is 15.1. The van der Waals surface area contributed by atoms with Crippen LogP contribution in [0, 0.1) is 17.6 Å². The zero-order chi connectivity index (χ0) is 21.7. The summed E-state index contributed by atoms with van der Waals surface area (Å²) in [5.74, 6) is -0.637. The van der Waals surface area contributed by atoms with Gasteiger partial charge in [0.15, 0.2) is 0 Å². The summed E-state index contributed by atoms with van der Waals surface area (Å²) in [7, 11) is 0. The first kappa shape index (κ1) is 21.2. The molecule has 0 saturated heterocycles. The molecule has 0 unspecified atom stereocenters. The van der Waals surface area contributed by atoms with Gasteiger partial charge in [-0.3, -0.25) is 9.78 Å². The van der Waals surface area contributed by atoms with E-state index in [0.717, 1.165) is 30.4 Å². The predicted molar refractivity (Wildman–Crippen MR) is 116 cm³/mol. The van der Waals surface area contributed by atoms with Crippen LogP contribution < -0.4 is 5.32 Å². The molecule has 160 valence electrons. The summed E-state index contributed by atoms with van der Waals surface area (Å²) in [6, 6.07) is 16.9. The van der Waals surface area contributed by atoms with E-state index in [9.17, 15) is 13.6 Å². The van der Waals surface area contributed by atoms with Crippen molar-refractivity contribution >= 4 is 5.91 Å². The molecule has 1 saturated carbocycles. The average Bonchev–Trinajstić information content (AvgIpc) is 3.49. The summed E-state index contributed by atoms with van der Waals surface area (Å²) in [6.07, 6.45) is 7.48. The molecule has 4 rings (SSSR count). The Morgan fingerprint density at radius 1 is 1.00 bits per heavy atom. The van der Waals surface area contributed by atoms with Gasteiger partial charge in [-0.2, -0.15) is 0 Å². The minimum atomic E-state index is -0.512. The fourth-order valence-electron chi connectivity index (χ4n) is 4.51. The number of nitrogens with zero attached hydrogens (tertiary/aromatic N) is 1. The summed E-state index contributed by atoms with van der Waals surface area (Å²) >= 11 is 0. The van der Waals surface area contributed by atoms with E-state index in [0.29, 0.717) is 19.4 Å². The number of amides is 1. The lowest BCUT2D eigenvalue weighted by Crippen LogP contribution is -2.26. The first-order valence-electron chi connectivity index (χ1n) is 10.8. The van der Waals surface area contributed by atoms with Crippen molar-refractivity contribution in [2.75, 3.05) is 6.54 Å². The Bertz CT molecular complexity index is 993. The normalized spacial score (nSPS) is 16.6. The smallest absolute Gasteiger partial charge is 0.220 e. The van der Waals surface area contributed by atoms with Gasteiger partial charge in [-0.05, 0) is 78.6 Å². The van der Waals surface area contributed by atoms with E-state index in [-0.39, 0.29) is 23.5 Å². The van der Waals surface area contributed by atoms with Gasteiger partial charge in [0.05, 0.1) is 0 Å². The number of hydrogen-bond donors (Lipinski definition) is 1. The Kier molecular flexibility index (Phi) is 6.40. The Labute approximate surface area is 181 Å². The molecular weight excluding hydrogens is 394 g/mol. The maximum Gasteiger partial charge on any atom is 0.220 e. The standard InChI is InChI=1S/C26H26F2N2O/c27-23-10-3-8-20(14-23)26(21-9-4-11-24(28)15-21)17-22(26)16-25(31)30-13-2-1-6-19-7-5-12-29-18-19/h3-5,7-12,14-15,18,22H,1-2,6,13,16-17H2,(H,30,31)/t22-/m1/s1. The lowest BCUT2D eigenvalue weighted by molar-refractivity contribution is -0.121. The average molecular weight is 421 g/mol. The molecule has 1 aliphatic carbocycles. The Balaban J connectivity index is 1.35. The van der Waals surface area contributed by atoms with E-state index in [1.165, 1.54) is 29.8 Å². The van der Waals surface area contributed by atoms with Crippen molar-refractivity contribution in [1.29, 1.82) is 0 Å². The van der Waals surface area contributed by atoms with Crippen molar-refractivity contribution in [3.05, 3.63) is 101 Å².